The van der Waals surface area contributed by atoms with Crippen molar-refractivity contribution in [2.75, 3.05) is 5.75 Å². The first-order valence-electron chi connectivity index (χ1n) is 7.41. The molecule has 114 valence electrons. The van der Waals surface area contributed by atoms with E-state index in [4.69, 9.17) is 0 Å². The highest BCUT2D eigenvalue weighted by molar-refractivity contribution is 9.10. The number of carbonyl (C=O) groups is 1. The summed E-state index contributed by atoms with van der Waals surface area (Å²) in [7, 11) is 0. The predicted octanol–water partition coefficient (Wildman–Crippen LogP) is 4.40. The molecular weight excluding hydrogens is 360 g/mol. The van der Waals surface area contributed by atoms with E-state index in [1.165, 1.54) is 35.9 Å². The Morgan fingerprint density at radius 3 is 2.68 bits per heavy atom. The number of Topliss-reactive ketones (excluding diaryl/α,β-unsaturated/α-hetero) is 1. The molecule has 0 radical (unpaired) electrons. The van der Waals surface area contributed by atoms with E-state index >= 15 is 0 Å². The molecule has 5 heteroatoms. The molecule has 1 aliphatic carbocycles. The van der Waals surface area contributed by atoms with E-state index in [9.17, 15) is 4.79 Å². The number of halogens is 1. The standard InChI is InChI=1S/C17H17BrN2OS/c1-11-14-4-2-3-5-15(14)20-17(19-11)22-10-16(21)12-6-8-13(18)9-7-12/h6-9H,2-5,10H2,1H3. The van der Waals surface area contributed by atoms with Gasteiger partial charge in [-0.2, -0.15) is 0 Å². The van der Waals surface area contributed by atoms with Crippen LogP contribution in [0, 0.1) is 6.92 Å². The van der Waals surface area contributed by atoms with Gasteiger partial charge in [-0.1, -0.05) is 39.8 Å². The van der Waals surface area contributed by atoms with Crippen LogP contribution in [-0.2, 0) is 12.8 Å². The van der Waals surface area contributed by atoms with Crippen LogP contribution in [0.1, 0.15) is 40.2 Å². The molecule has 3 nitrogen and oxygen atoms in total. The number of benzene rings is 1. The van der Waals surface area contributed by atoms with Crippen LogP contribution in [0.25, 0.3) is 0 Å². The van der Waals surface area contributed by atoms with Crippen LogP contribution in [0.15, 0.2) is 33.9 Å². The Hall–Kier alpha value is -1.20. The number of fused-ring (bicyclic) bond motifs is 1. The fourth-order valence-corrected chi connectivity index (χ4v) is 3.74. The van der Waals surface area contributed by atoms with Gasteiger partial charge >= 0.3 is 0 Å². The highest BCUT2D eigenvalue weighted by Gasteiger charge is 2.16. The van der Waals surface area contributed by atoms with E-state index in [0.29, 0.717) is 5.75 Å². The van der Waals surface area contributed by atoms with Gasteiger partial charge in [-0.3, -0.25) is 4.79 Å². The van der Waals surface area contributed by atoms with Crippen molar-refractivity contribution in [2.24, 2.45) is 0 Å². The summed E-state index contributed by atoms with van der Waals surface area (Å²) in [6.45, 7) is 2.05. The van der Waals surface area contributed by atoms with Crippen molar-refractivity contribution in [3.8, 4) is 0 Å². The maximum Gasteiger partial charge on any atom is 0.188 e. The molecule has 0 saturated carbocycles. The zero-order valence-corrected chi connectivity index (χ0v) is 14.8. The normalized spacial score (nSPS) is 13.7. The number of rotatable bonds is 4. The van der Waals surface area contributed by atoms with E-state index in [-0.39, 0.29) is 5.78 Å². The minimum atomic E-state index is 0.108. The van der Waals surface area contributed by atoms with E-state index in [1.54, 1.807) is 0 Å². The number of thioether (sulfide) groups is 1. The van der Waals surface area contributed by atoms with Crippen LogP contribution in [-0.4, -0.2) is 21.5 Å². The van der Waals surface area contributed by atoms with Gasteiger partial charge in [0, 0.05) is 21.4 Å². The molecule has 0 N–H and O–H groups in total. The maximum atomic E-state index is 12.2. The Labute approximate surface area is 143 Å². The van der Waals surface area contributed by atoms with Crippen LogP contribution in [0.5, 0.6) is 0 Å². The number of carbonyl (C=O) groups excluding carboxylic acids is 1. The molecule has 0 fully saturated rings. The zero-order valence-electron chi connectivity index (χ0n) is 12.4. The molecule has 0 unspecified atom stereocenters. The lowest BCUT2D eigenvalue weighted by atomic mass is 9.95. The van der Waals surface area contributed by atoms with Gasteiger partial charge in [0.2, 0.25) is 0 Å². The second kappa shape index (κ2) is 6.92. The Balaban J connectivity index is 1.70. The molecule has 1 aliphatic rings. The topological polar surface area (TPSA) is 42.9 Å². The van der Waals surface area contributed by atoms with Gasteiger partial charge in [0.05, 0.1) is 5.75 Å². The van der Waals surface area contributed by atoms with Crippen LogP contribution >= 0.6 is 27.7 Å². The molecule has 1 aromatic carbocycles. The fraction of sp³-hybridized carbons (Fsp3) is 0.353. The SMILES string of the molecule is Cc1nc(SCC(=O)c2ccc(Br)cc2)nc2c1CCCC2. The molecule has 0 atom stereocenters. The summed E-state index contributed by atoms with van der Waals surface area (Å²) in [4.78, 5) is 21.4. The Bertz CT molecular complexity index is 701. The lowest BCUT2D eigenvalue weighted by Gasteiger charge is -2.17. The summed E-state index contributed by atoms with van der Waals surface area (Å²) < 4.78 is 0.977. The van der Waals surface area contributed by atoms with Crippen LogP contribution < -0.4 is 0 Å². The van der Waals surface area contributed by atoms with Gasteiger partial charge < -0.3 is 0 Å². The third kappa shape index (κ3) is 3.58. The van der Waals surface area contributed by atoms with E-state index in [1.807, 2.05) is 31.2 Å². The fourth-order valence-electron chi connectivity index (χ4n) is 2.67. The largest absolute Gasteiger partial charge is 0.293 e. The van der Waals surface area contributed by atoms with Crippen LogP contribution in [0.2, 0.25) is 0 Å². The minimum Gasteiger partial charge on any atom is -0.293 e. The van der Waals surface area contributed by atoms with Gasteiger partial charge in [0.15, 0.2) is 10.9 Å². The molecule has 1 heterocycles. The molecule has 0 aliphatic heterocycles. The molecule has 0 saturated heterocycles. The molecule has 3 rings (SSSR count). The summed E-state index contributed by atoms with van der Waals surface area (Å²) >= 11 is 4.81. The molecule has 0 spiro atoms. The minimum absolute atomic E-state index is 0.108. The number of aryl methyl sites for hydroxylation is 2. The van der Waals surface area contributed by atoms with Crippen LogP contribution in [0.3, 0.4) is 0 Å². The monoisotopic (exact) mass is 376 g/mol. The first kappa shape index (κ1) is 15.7. The van der Waals surface area contributed by atoms with Gasteiger partial charge in [0.1, 0.15) is 0 Å². The zero-order chi connectivity index (χ0) is 15.5. The van der Waals surface area contributed by atoms with Gasteiger partial charge in [-0.25, -0.2) is 9.97 Å². The number of hydrogen-bond acceptors (Lipinski definition) is 4. The maximum absolute atomic E-state index is 12.2. The van der Waals surface area contributed by atoms with Crippen molar-refractivity contribution >= 4 is 33.5 Å². The summed E-state index contributed by atoms with van der Waals surface area (Å²) in [5, 5.41) is 0.726. The number of ketones is 1. The first-order chi connectivity index (χ1) is 10.6. The van der Waals surface area contributed by atoms with Crippen LogP contribution in [0.4, 0.5) is 0 Å². The number of hydrogen-bond donors (Lipinski definition) is 0. The molecular formula is C17H17BrN2OS. The Morgan fingerprint density at radius 2 is 1.91 bits per heavy atom. The van der Waals surface area contributed by atoms with E-state index < -0.39 is 0 Å². The second-order valence-corrected chi connectivity index (χ2v) is 7.30. The highest BCUT2D eigenvalue weighted by atomic mass is 79.9. The van der Waals surface area contributed by atoms with Crippen molar-refractivity contribution < 1.29 is 4.79 Å². The van der Waals surface area contributed by atoms with E-state index in [2.05, 4.69) is 25.9 Å². The summed E-state index contributed by atoms with van der Waals surface area (Å²) in [5.41, 5.74) is 4.29. The van der Waals surface area contributed by atoms with Crippen molar-refractivity contribution in [2.45, 2.75) is 37.8 Å². The van der Waals surface area contributed by atoms with Gasteiger partial charge in [0.25, 0.3) is 0 Å². The molecule has 2 aromatic rings. The lowest BCUT2D eigenvalue weighted by Crippen LogP contribution is -2.11. The predicted molar refractivity (Wildman–Crippen MR) is 92.6 cm³/mol. The summed E-state index contributed by atoms with van der Waals surface area (Å²) in [6, 6.07) is 7.45. The summed E-state index contributed by atoms with van der Waals surface area (Å²) in [6.07, 6.45) is 4.55. The molecule has 1 aromatic heterocycles. The molecule has 0 amide bonds. The Kier molecular flexibility index (Phi) is 4.93. The smallest absolute Gasteiger partial charge is 0.188 e. The van der Waals surface area contributed by atoms with Gasteiger partial charge in [-0.05, 0) is 50.3 Å². The van der Waals surface area contributed by atoms with Crippen molar-refractivity contribution in [1.29, 1.82) is 0 Å². The van der Waals surface area contributed by atoms with Gasteiger partial charge in [-0.15, -0.1) is 0 Å². The average molecular weight is 377 g/mol. The Morgan fingerprint density at radius 1 is 1.18 bits per heavy atom. The number of nitrogens with zero attached hydrogens (tertiary/aromatic N) is 2. The third-order valence-corrected chi connectivity index (χ3v) is 5.24. The summed E-state index contributed by atoms with van der Waals surface area (Å²) in [5.74, 6) is 0.483. The van der Waals surface area contributed by atoms with Crippen molar-refractivity contribution in [3.63, 3.8) is 0 Å². The quantitative estimate of drug-likeness (QED) is 0.450. The average Bonchev–Trinajstić information content (AvgIpc) is 2.53. The molecule has 0 bridgehead atoms. The van der Waals surface area contributed by atoms with Crippen molar-refractivity contribution in [1.82, 2.24) is 9.97 Å². The molecule has 22 heavy (non-hydrogen) atoms. The second-order valence-electron chi connectivity index (χ2n) is 5.44. The highest BCUT2D eigenvalue weighted by Crippen LogP contribution is 2.25. The lowest BCUT2D eigenvalue weighted by molar-refractivity contribution is 0.102. The van der Waals surface area contributed by atoms with E-state index in [0.717, 1.165) is 33.7 Å². The number of aromatic nitrogens is 2. The third-order valence-electron chi connectivity index (χ3n) is 3.87. The first-order valence-corrected chi connectivity index (χ1v) is 9.19. The van der Waals surface area contributed by atoms with Crippen molar-refractivity contribution in [3.05, 3.63) is 51.3 Å².